The number of hydrogen-bond acceptors (Lipinski definition) is 5. The predicted octanol–water partition coefficient (Wildman–Crippen LogP) is 2.99. The molecule has 2 saturated heterocycles. The molecule has 2 aromatic rings. The Hall–Kier alpha value is -3.59. The van der Waals surface area contributed by atoms with Gasteiger partial charge in [0, 0.05) is 13.6 Å². The Kier molecular flexibility index (Phi) is 7.79. The molecule has 3 atom stereocenters. The summed E-state index contributed by atoms with van der Waals surface area (Å²) < 4.78 is 5.20. The number of hydrazine groups is 1. The maximum absolute atomic E-state index is 13.6. The van der Waals surface area contributed by atoms with Crippen LogP contribution in [0.15, 0.2) is 54.6 Å². The van der Waals surface area contributed by atoms with Gasteiger partial charge in [-0.05, 0) is 36.6 Å². The molecule has 0 spiro atoms. The van der Waals surface area contributed by atoms with Crippen molar-refractivity contribution in [3.05, 3.63) is 65.7 Å². The topological polar surface area (TPSA) is 85.4 Å². The van der Waals surface area contributed by atoms with Crippen LogP contribution < -0.4 is 10.1 Å². The Bertz CT molecular complexity index is 1080. The lowest BCUT2D eigenvalue weighted by Gasteiger charge is -2.55. The number of fused-ring (bicyclic) bond motifs is 1. The van der Waals surface area contributed by atoms with Crippen LogP contribution in [0.2, 0.25) is 0 Å². The lowest BCUT2D eigenvalue weighted by atomic mass is 9.98. The van der Waals surface area contributed by atoms with E-state index in [1.165, 1.54) is 0 Å². The van der Waals surface area contributed by atoms with E-state index >= 15 is 0 Å². The van der Waals surface area contributed by atoms with Gasteiger partial charge in [0.25, 0.3) is 0 Å². The Labute approximate surface area is 212 Å². The van der Waals surface area contributed by atoms with Crippen molar-refractivity contribution in [1.82, 2.24) is 25.1 Å². The molecule has 4 amide bonds. The van der Waals surface area contributed by atoms with Gasteiger partial charge in [-0.1, -0.05) is 55.8 Å². The summed E-state index contributed by atoms with van der Waals surface area (Å²) in [6.07, 6.45) is 0.705. The molecule has 2 aliphatic heterocycles. The minimum Gasteiger partial charge on any atom is -0.497 e. The fraction of sp³-hybridized carbons (Fsp3) is 0.444. The van der Waals surface area contributed by atoms with E-state index in [0.717, 1.165) is 23.3 Å². The first-order valence-corrected chi connectivity index (χ1v) is 12.4. The molecule has 1 unspecified atom stereocenters. The van der Waals surface area contributed by atoms with E-state index in [-0.39, 0.29) is 37.0 Å². The number of nitrogens with one attached hydrogen (secondary N) is 1. The van der Waals surface area contributed by atoms with Gasteiger partial charge in [0.1, 0.15) is 18.0 Å². The molecule has 192 valence electrons. The van der Waals surface area contributed by atoms with Gasteiger partial charge in [-0.3, -0.25) is 9.59 Å². The summed E-state index contributed by atoms with van der Waals surface area (Å²) >= 11 is 0. The monoisotopic (exact) mass is 493 g/mol. The van der Waals surface area contributed by atoms with E-state index in [2.05, 4.69) is 5.32 Å². The Morgan fingerprint density at radius 1 is 1.11 bits per heavy atom. The third-order valence-electron chi connectivity index (χ3n) is 7.01. The molecule has 2 fully saturated rings. The standard InChI is InChI=1S/C27H35N5O4/c1-5-9-23-26(34)30(19(2)21-10-7-6-8-11-21)17-24-31(23)25(33)18-29(3)32(24)27(35)28-16-20-12-14-22(36-4)15-13-20/h6-8,10-15,19,23-24H,5,9,16-18H2,1-4H3,(H,28,35)/t19-,23-,24?/m0/s1. The summed E-state index contributed by atoms with van der Waals surface area (Å²) in [5, 5.41) is 6.22. The van der Waals surface area contributed by atoms with E-state index in [0.29, 0.717) is 13.0 Å². The smallest absolute Gasteiger partial charge is 0.334 e. The highest BCUT2D eigenvalue weighted by Crippen LogP contribution is 2.32. The predicted molar refractivity (Wildman–Crippen MR) is 136 cm³/mol. The van der Waals surface area contributed by atoms with Crippen molar-refractivity contribution >= 4 is 17.8 Å². The number of carbonyl (C=O) groups is 3. The second kappa shape index (κ2) is 11.0. The molecule has 0 aliphatic carbocycles. The number of urea groups is 1. The quantitative estimate of drug-likeness (QED) is 0.641. The molecule has 9 nitrogen and oxygen atoms in total. The van der Waals surface area contributed by atoms with Gasteiger partial charge in [-0.25, -0.2) is 14.8 Å². The number of nitrogens with zero attached hydrogens (tertiary/aromatic N) is 4. The van der Waals surface area contributed by atoms with Crippen molar-refractivity contribution < 1.29 is 19.1 Å². The molecule has 0 saturated carbocycles. The molecule has 4 rings (SSSR count). The molecule has 36 heavy (non-hydrogen) atoms. The third kappa shape index (κ3) is 5.02. The second-order valence-corrected chi connectivity index (χ2v) is 9.33. The summed E-state index contributed by atoms with van der Waals surface area (Å²) in [6.45, 7) is 4.60. The van der Waals surface area contributed by atoms with E-state index in [1.807, 2.05) is 73.3 Å². The highest BCUT2D eigenvalue weighted by atomic mass is 16.5. The fourth-order valence-electron chi connectivity index (χ4n) is 5.08. The van der Waals surface area contributed by atoms with Crippen molar-refractivity contribution in [2.75, 3.05) is 27.2 Å². The van der Waals surface area contributed by atoms with Gasteiger partial charge in [-0.15, -0.1) is 0 Å². The van der Waals surface area contributed by atoms with E-state index in [9.17, 15) is 14.4 Å². The molecule has 0 radical (unpaired) electrons. The zero-order valence-corrected chi connectivity index (χ0v) is 21.4. The van der Waals surface area contributed by atoms with E-state index in [4.69, 9.17) is 4.74 Å². The summed E-state index contributed by atoms with van der Waals surface area (Å²) in [6, 6.07) is 16.2. The van der Waals surface area contributed by atoms with Crippen LogP contribution in [0.3, 0.4) is 0 Å². The average molecular weight is 494 g/mol. The van der Waals surface area contributed by atoms with Gasteiger partial charge in [0.05, 0.1) is 26.2 Å². The highest BCUT2D eigenvalue weighted by Gasteiger charge is 2.51. The Morgan fingerprint density at radius 2 is 1.81 bits per heavy atom. The summed E-state index contributed by atoms with van der Waals surface area (Å²) in [7, 11) is 3.34. The van der Waals surface area contributed by atoms with Gasteiger partial charge in [0.2, 0.25) is 11.8 Å². The number of hydrogen-bond donors (Lipinski definition) is 1. The minimum absolute atomic E-state index is 0.0359. The molecule has 2 heterocycles. The lowest BCUT2D eigenvalue weighted by Crippen LogP contribution is -2.76. The SMILES string of the molecule is CCC[C@H]1C(=O)N([C@@H](C)c2ccccc2)CC2N1C(=O)CN(C)N2C(=O)NCc1ccc(OC)cc1. The summed E-state index contributed by atoms with van der Waals surface area (Å²) in [5.41, 5.74) is 1.94. The largest absolute Gasteiger partial charge is 0.497 e. The Balaban J connectivity index is 1.59. The number of piperazine rings is 1. The number of likely N-dealkylation sites (N-methyl/N-ethyl adjacent to an activating group) is 1. The van der Waals surface area contributed by atoms with Crippen LogP contribution in [0.1, 0.15) is 43.9 Å². The van der Waals surface area contributed by atoms with Crippen molar-refractivity contribution in [1.29, 1.82) is 0 Å². The number of carbonyl (C=O) groups excluding carboxylic acids is 3. The first-order valence-electron chi connectivity index (χ1n) is 12.4. The molecule has 2 aliphatic rings. The zero-order valence-electron chi connectivity index (χ0n) is 21.4. The maximum atomic E-state index is 13.6. The number of amides is 4. The first-order chi connectivity index (χ1) is 17.3. The van der Waals surface area contributed by atoms with Crippen LogP contribution in [0.4, 0.5) is 4.79 Å². The number of methoxy groups -OCH3 is 1. The van der Waals surface area contributed by atoms with Crippen LogP contribution in [0, 0.1) is 0 Å². The molecule has 0 aromatic heterocycles. The van der Waals surface area contributed by atoms with Crippen molar-refractivity contribution in [2.45, 2.75) is 51.5 Å². The highest BCUT2D eigenvalue weighted by molar-refractivity contribution is 5.91. The average Bonchev–Trinajstić information content (AvgIpc) is 2.89. The maximum Gasteiger partial charge on any atom is 0.334 e. The van der Waals surface area contributed by atoms with Crippen LogP contribution in [0.25, 0.3) is 0 Å². The molecule has 1 N–H and O–H groups in total. The molecular weight excluding hydrogens is 458 g/mol. The fourth-order valence-corrected chi connectivity index (χ4v) is 5.08. The van der Waals surface area contributed by atoms with Crippen molar-refractivity contribution in [2.24, 2.45) is 0 Å². The van der Waals surface area contributed by atoms with Crippen LogP contribution >= 0.6 is 0 Å². The summed E-state index contributed by atoms with van der Waals surface area (Å²) in [4.78, 5) is 43.7. The van der Waals surface area contributed by atoms with Crippen LogP contribution in [-0.2, 0) is 16.1 Å². The van der Waals surface area contributed by atoms with Gasteiger partial charge < -0.3 is 19.9 Å². The van der Waals surface area contributed by atoms with Crippen LogP contribution in [0.5, 0.6) is 5.75 Å². The van der Waals surface area contributed by atoms with E-state index in [1.54, 1.807) is 29.1 Å². The molecule has 0 bridgehead atoms. The van der Waals surface area contributed by atoms with Gasteiger partial charge in [0.15, 0.2) is 0 Å². The third-order valence-corrected chi connectivity index (χ3v) is 7.01. The lowest BCUT2D eigenvalue weighted by molar-refractivity contribution is -0.189. The van der Waals surface area contributed by atoms with E-state index < -0.39 is 12.2 Å². The van der Waals surface area contributed by atoms with Crippen LogP contribution in [-0.4, -0.2) is 77.1 Å². The molecular formula is C27H35N5O4. The first kappa shape index (κ1) is 25.5. The second-order valence-electron chi connectivity index (χ2n) is 9.33. The number of benzene rings is 2. The molecule has 9 heteroatoms. The van der Waals surface area contributed by atoms with Gasteiger partial charge >= 0.3 is 6.03 Å². The van der Waals surface area contributed by atoms with Gasteiger partial charge in [-0.2, -0.15) is 0 Å². The summed E-state index contributed by atoms with van der Waals surface area (Å²) in [5.74, 6) is 0.540. The Morgan fingerprint density at radius 3 is 2.44 bits per heavy atom. The number of ether oxygens (including phenoxy) is 1. The molecule has 2 aromatic carbocycles. The van der Waals surface area contributed by atoms with Crippen molar-refractivity contribution in [3.63, 3.8) is 0 Å². The number of rotatable bonds is 7. The van der Waals surface area contributed by atoms with Crippen molar-refractivity contribution in [3.8, 4) is 5.75 Å². The minimum atomic E-state index is -0.599. The zero-order chi connectivity index (χ0) is 25.8. The normalized spacial score (nSPS) is 21.3.